The summed E-state index contributed by atoms with van der Waals surface area (Å²) in [6, 6.07) is 11.6. The van der Waals surface area contributed by atoms with Gasteiger partial charge < -0.3 is 5.32 Å². The molecule has 0 saturated heterocycles. The van der Waals surface area contributed by atoms with Crippen molar-refractivity contribution in [3.05, 3.63) is 76.3 Å². The highest BCUT2D eigenvalue weighted by atomic mass is 79.9. The SMILES string of the molecule is Cc1cncc(NC(=O)c2c(C)nn3ccc(-c4ccccc4Br)nc23)c1. The highest BCUT2D eigenvalue weighted by Crippen LogP contribution is 2.27. The normalized spacial score (nSPS) is 10.9. The van der Waals surface area contributed by atoms with Crippen molar-refractivity contribution in [3.8, 4) is 11.3 Å². The first kappa shape index (κ1) is 17.4. The topological polar surface area (TPSA) is 72.2 Å². The molecule has 0 atom stereocenters. The number of anilines is 1. The summed E-state index contributed by atoms with van der Waals surface area (Å²) in [6.07, 6.45) is 5.17. The largest absolute Gasteiger partial charge is 0.320 e. The standard InChI is InChI=1S/C20H16BrN5O/c1-12-9-14(11-22-10-12)23-20(27)18-13(2)25-26-8-7-17(24-19(18)26)15-5-3-4-6-16(15)21/h3-11H,1-2H3,(H,23,27). The zero-order valence-electron chi connectivity index (χ0n) is 14.8. The van der Waals surface area contributed by atoms with E-state index in [-0.39, 0.29) is 5.91 Å². The van der Waals surface area contributed by atoms with Gasteiger partial charge in [-0.3, -0.25) is 9.78 Å². The average molecular weight is 422 g/mol. The van der Waals surface area contributed by atoms with Crippen LogP contribution >= 0.6 is 15.9 Å². The number of hydrogen-bond donors (Lipinski definition) is 1. The van der Waals surface area contributed by atoms with Crippen LogP contribution in [0.5, 0.6) is 0 Å². The van der Waals surface area contributed by atoms with Crippen molar-refractivity contribution < 1.29 is 4.79 Å². The number of aromatic nitrogens is 4. The molecule has 0 bridgehead atoms. The Morgan fingerprint density at radius 1 is 1.15 bits per heavy atom. The van der Waals surface area contributed by atoms with E-state index < -0.39 is 0 Å². The number of fused-ring (bicyclic) bond motifs is 1. The number of benzene rings is 1. The van der Waals surface area contributed by atoms with Gasteiger partial charge in [0.1, 0.15) is 5.56 Å². The molecule has 0 fully saturated rings. The van der Waals surface area contributed by atoms with E-state index in [0.29, 0.717) is 22.6 Å². The number of carbonyl (C=O) groups is 1. The molecule has 1 aromatic carbocycles. The molecule has 134 valence electrons. The zero-order valence-corrected chi connectivity index (χ0v) is 16.4. The monoisotopic (exact) mass is 421 g/mol. The lowest BCUT2D eigenvalue weighted by molar-refractivity contribution is 0.102. The van der Waals surface area contributed by atoms with E-state index in [1.807, 2.05) is 49.5 Å². The fourth-order valence-electron chi connectivity index (χ4n) is 2.94. The van der Waals surface area contributed by atoms with Crippen LogP contribution in [0.1, 0.15) is 21.6 Å². The summed E-state index contributed by atoms with van der Waals surface area (Å²) in [7, 11) is 0. The van der Waals surface area contributed by atoms with Crippen molar-refractivity contribution in [3.63, 3.8) is 0 Å². The number of aryl methyl sites for hydroxylation is 2. The molecule has 0 radical (unpaired) electrons. The first-order valence-corrected chi connectivity index (χ1v) is 9.16. The second-order valence-corrected chi connectivity index (χ2v) is 7.08. The smallest absolute Gasteiger partial charge is 0.261 e. The van der Waals surface area contributed by atoms with Crippen LogP contribution in [0.15, 0.2) is 59.5 Å². The van der Waals surface area contributed by atoms with Crippen molar-refractivity contribution in [2.75, 3.05) is 5.32 Å². The summed E-state index contributed by atoms with van der Waals surface area (Å²) in [4.78, 5) is 21.7. The Kier molecular flexibility index (Phi) is 4.45. The van der Waals surface area contributed by atoms with E-state index in [4.69, 9.17) is 4.98 Å². The molecule has 3 aromatic heterocycles. The molecule has 1 N–H and O–H groups in total. The van der Waals surface area contributed by atoms with Gasteiger partial charge >= 0.3 is 0 Å². The number of hydrogen-bond acceptors (Lipinski definition) is 4. The Labute approximate surface area is 164 Å². The minimum atomic E-state index is -0.258. The van der Waals surface area contributed by atoms with Gasteiger partial charge in [0, 0.05) is 22.4 Å². The number of pyridine rings is 1. The quantitative estimate of drug-likeness (QED) is 0.531. The summed E-state index contributed by atoms with van der Waals surface area (Å²) < 4.78 is 2.56. The molecular weight excluding hydrogens is 406 g/mol. The lowest BCUT2D eigenvalue weighted by Gasteiger charge is -2.07. The molecule has 0 unspecified atom stereocenters. The molecule has 1 amide bonds. The van der Waals surface area contributed by atoms with Crippen molar-refractivity contribution in [2.45, 2.75) is 13.8 Å². The van der Waals surface area contributed by atoms with Crippen LogP contribution in [-0.2, 0) is 0 Å². The summed E-state index contributed by atoms with van der Waals surface area (Å²) in [6.45, 7) is 3.73. The first-order valence-electron chi connectivity index (χ1n) is 8.37. The van der Waals surface area contributed by atoms with Gasteiger partial charge in [-0.1, -0.05) is 34.1 Å². The van der Waals surface area contributed by atoms with Crippen molar-refractivity contribution >= 4 is 33.2 Å². The number of rotatable bonds is 3. The summed E-state index contributed by atoms with van der Waals surface area (Å²) in [5.41, 5.74) is 4.91. The van der Waals surface area contributed by atoms with Crippen LogP contribution in [0.25, 0.3) is 16.9 Å². The van der Waals surface area contributed by atoms with Gasteiger partial charge in [-0.2, -0.15) is 5.10 Å². The molecular formula is C20H16BrN5O. The van der Waals surface area contributed by atoms with Gasteiger partial charge in [-0.25, -0.2) is 9.50 Å². The molecule has 7 heteroatoms. The van der Waals surface area contributed by atoms with E-state index in [1.165, 1.54) is 0 Å². The first-order chi connectivity index (χ1) is 13.0. The lowest BCUT2D eigenvalue weighted by Crippen LogP contribution is -2.13. The number of amides is 1. The molecule has 27 heavy (non-hydrogen) atoms. The van der Waals surface area contributed by atoms with Crippen molar-refractivity contribution in [1.82, 2.24) is 19.6 Å². The maximum atomic E-state index is 12.9. The van der Waals surface area contributed by atoms with Crippen LogP contribution in [0, 0.1) is 13.8 Å². The lowest BCUT2D eigenvalue weighted by atomic mass is 10.1. The molecule has 0 saturated carbocycles. The molecule has 6 nitrogen and oxygen atoms in total. The molecule has 4 rings (SSSR count). The third-order valence-corrected chi connectivity index (χ3v) is 4.86. The molecule has 0 aliphatic heterocycles. The van der Waals surface area contributed by atoms with Crippen LogP contribution in [-0.4, -0.2) is 25.5 Å². The van der Waals surface area contributed by atoms with Crippen LogP contribution < -0.4 is 5.32 Å². The Morgan fingerprint density at radius 2 is 1.96 bits per heavy atom. The summed E-state index contributed by atoms with van der Waals surface area (Å²) in [5, 5.41) is 7.30. The molecule has 0 spiro atoms. The summed E-state index contributed by atoms with van der Waals surface area (Å²) in [5.74, 6) is -0.258. The van der Waals surface area contributed by atoms with Gasteiger partial charge in [0.05, 0.1) is 23.3 Å². The Bertz CT molecular complexity index is 1170. The average Bonchev–Trinajstić information content (AvgIpc) is 2.97. The van der Waals surface area contributed by atoms with Crippen molar-refractivity contribution in [1.29, 1.82) is 0 Å². The van der Waals surface area contributed by atoms with E-state index in [0.717, 1.165) is 21.3 Å². The highest BCUT2D eigenvalue weighted by Gasteiger charge is 2.19. The van der Waals surface area contributed by atoms with Gasteiger partial charge in [0.25, 0.3) is 5.91 Å². The summed E-state index contributed by atoms with van der Waals surface area (Å²) >= 11 is 3.55. The third-order valence-electron chi connectivity index (χ3n) is 4.17. The number of nitrogens with one attached hydrogen (secondary N) is 1. The Hall–Kier alpha value is -3.06. The Morgan fingerprint density at radius 3 is 2.74 bits per heavy atom. The second-order valence-electron chi connectivity index (χ2n) is 6.23. The fourth-order valence-corrected chi connectivity index (χ4v) is 3.43. The maximum Gasteiger partial charge on any atom is 0.261 e. The van der Waals surface area contributed by atoms with E-state index in [9.17, 15) is 4.79 Å². The van der Waals surface area contributed by atoms with Crippen molar-refractivity contribution in [2.24, 2.45) is 0 Å². The van der Waals surface area contributed by atoms with Gasteiger partial charge in [-0.15, -0.1) is 0 Å². The van der Waals surface area contributed by atoms with E-state index in [2.05, 4.69) is 31.3 Å². The van der Waals surface area contributed by atoms with E-state index in [1.54, 1.807) is 23.8 Å². The van der Waals surface area contributed by atoms with Gasteiger partial charge in [0.15, 0.2) is 5.65 Å². The molecule has 0 aliphatic rings. The van der Waals surface area contributed by atoms with E-state index >= 15 is 0 Å². The third kappa shape index (κ3) is 3.33. The molecule has 0 aliphatic carbocycles. The zero-order chi connectivity index (χ0) is 19.0. The predicted octanol–water partition coefficient (Wildman–Crippen LogP) is 4.42. The number of nitrogens with zero attached hydrogens (tertiary/aromatic N) is 4. The van der Waals surface area contributed by atoms with Crippen LogP contribution in [0.3, 0.4) is 0 Å². The molecule has 3 heterocycles. The number of carbonyl (C=O) groups excluding carboxylic acids is 1. The maximum absolute atomic E-state index is 12.9. The number of halogens is 1. The van der Waals surface area contributed by atoms with Crippen LogP contribution in [0.2, 0.25) is 0 Å². The van der Waals surface area contributed by atoms with Gasteiger partial charge in [0.2, 0.25) is 0 Å². The second kappa shape index (κ2) is 6.92. The van der Waals surface area contributed by atoms with Gasteiger partial charge in [-0.05, 0) is 37.6 Å². The minimum Gasteiger partial charge on any atom is -0.320 e. The fraction of sp³-hybridized carbons (Fsp3) is 0.100. The minimum absolute atomic E-state index is 0.258. The Balaban J connectivity index is 1.78. The van der Waals surface area contributed by atoms with Crippen LogP contribution in [0.4, 0.5) is 5.69 Å². The highest BCUT2D eigenvalue weighted by molar-refractivity contribution is 9.10. The predicted molar refractivity (Wildman–Crippen MR) is 108 cm³/mol. The molecule has 4 aromatic rings.